The quantitative estimate of drug-likeness (QED) is 0.201. The second-order valence-corrected chi connectivity index (χ2v) is 11.4. The van der Waals surface area contributed by atoms with Crippen LogP contribution in [0.15, 0.2) is 60.8 Å². The molecule has 0 unspecified atom stereocenters. The minimum atomic E-state index is -0.490. The van der Waals surface area contributed by atoms with Crippen molar-refractivity contribution in [2.24, 2.45) is 5.92 Å². The number of nitrogens with zero attached hydrogens (tertiary/aromatic N) is 4. The molecule has 41 heavy (non-hydrogen) atoms. The fraction of sp³-hybridized carbons (Fsp3) is 0.438. The molecule has 9 heteroatoms. The summed E-state index contributed by atoms with van der Waals surface area (Å²) in [4.78, 5) is 42.0. The van der Waals surface area contributed by atoms with Gasteiger partial charge in [-0.05, 0) is 61.6 Å². The molecular formula is C32H39FN4O4. The average Bonchev–Trinajstić information content (AvgIpc) is 3.38. The number of nitro benzene ring substituents is 1. The number of aromatic nitrogens is 1. The Labute approximate surface area is 240 Å². The molecule has 8 nitrogen and oxygen atoms in total. The van der Waals surface area contributed by atoms with Crippen LogP contribution < -0.4 is 0 Å². The van der Waals surface area contributed by atoms with Crippen LogP contribution in [0.1, 0.15) is 73.1 Å². The molecule has 0 bridgehead atoms. The molecule has 1 saturated carbocycles. The average molecular weight is 563 g/mol. The van der Waals surface area contributed by atoms with Gasteiger partial charge in [-0.3, -0.25) is 19.7 Å². The molecule has 0 N–H and O–H groups in total. The van der Waals surface area contributed by atoms with Gasteiger partial charge in [0.15, 0.2) is 0 Å². The van der Waals surface area contributed by atoms with Crippen molar-refractivity contribution in [2.75, 3.05) is 13.1 Å². The zero-order chi connectivity index (χ0) is 29.5. The summed E-state index contributed by atoms with van der Waals surface area (Å²) in [7, 11) is 0. The lowest BCUT2D eigenvalue weighted by Gasteiger charge is -2.36. The van der Waals surface area contributed by atoms with Gasteiger partial charge in [0.05, 0.1) is 11.5 Å². The molecule has 4 rings (SSSR count). The van der Waals surface area contributed by atoms with Crippen molar-refractivity contribution in [3.8, 4) is 0 Å². The third-order valence-electron chi connectivity index (χ3n) is 7.71. The van der Waals surface area contributed by atoms with Gasteiger partial charge in [0.2, 0.25) is 5.91 Å². The number of carbonyl (C=O) groups is 2. The van der Waals surface area contributed by atoms with E-state index in [9.17, 15) is 24.1 Å². The number of halogens is 1. The fourth-order valence-corrected chi connectivity index (χ4v) is 5.56. The summed E-state index contributed by atoms with van der Waals surface area (Å²) in [5.41, 5.74) is 2.49. The normalized spacial score (nSPS) is 13.8. The number of carbonyl (C=O) groups excluding carboxylic acids is 2. The highest BCUT2D eigenvalue weighted by Gasteiger charge is 2.30. The van der Waals surface area contributed by atoms with Gasteiger partial charge >= 0.3 is 0 Å². The molecule has 0 saturated heterocycles. The molecule has 1 aliphatic carbocycles. The Morgan fingerprint density at radius 1 is 1.07 bits per heavy atom. The van der Waals surface area contributed by atoms with Crippen molar-refractivity contribution in [1.29, 1.82) is 0 Å². The van der Waals surface area contributed by atoms with Crippen molar-refractivity contribution in [3.05, 3.63) is 99.1 Å². The molecule has 2 aromatic carbocycles. The minimum Gasteiger partial charge on any atom is -0.345 e. The molecule has 0 radical (unpaired) electrons. The van der Waals surface area contributed by atoms with E-state index in [4.69, 9.17) is 0 Å². The summed E-state index contributed by atoms with van der Waals surface area (Å²) in [6.07, 6.45) is 7.02. The van der Waals surface area contributed by atoms with Crippen LogP contribution in [0.2, 0.25) is 0 Å². The fourth-order valence-electron chi connectivity index (χ4n) is 5.56. The van der Waals surface area contributed by atoms with Crippen molar-refractivity contribution in [1.82, 2.24) is 14.4 Å². The minimum absolute atomic E-state index is 0.0712. The first-order valence-electron chi connectivity index (χ1n) is 14.3. The summed E-state index contributed by atoms with van der Waals surface area (Å²) in [5.74, 6) is -0.708. The summed E-state index contributed by atoms with van der Waals surface area (Å²) in [6.45, 7) is 6.79. The predicted octanol–water partition coefficient (Wildman–Crippen LogP) is 6.35. The second kappa shape index (κ2) is 13.6. The molecule has 1 aliphatic rings. The zero-order valence-electron chi connectivity index (χ0n) is 24.1. The topological polar surface area (TPSA) is 88.7 Å². The van der Waals surface area contributed by atoms with E-state index in [0.29, 0.717) is 25.2 Å². The number of hydrogen-bond acceptors (Lipinski definition) is 4. The molecule has 0 atom stereocenters. The number of aryl methyl sites for hydroxylation is 1. The maximum Gasteiger partial charge on any atom is 0.273 e. The van der Waals surface area contributed by atoms with E-state index >= 15 is 0 Å². The van der Waals surface area contributed by atoms with E-state index < -0.39 is 10.8 Å². The molecule has 2 amide bonds. The van der Waals surface area contributed by atoms with Crippen LogP contribution in [0.4, 0.5) is 10.1 Å². The van der Waals surface area contributed by atoms with Crippen LogP contribution in [-0.4, -0.2) is 50.2 Å². The smallest absolute Gasteiger partial charge is 0.273 e. The lowest BCUT2D eigenvalue weighted by Crippen LogP contribution is -2.48. The van der Waals surface area contributed by atoms with E-state index in [1.54, 1.807) is 31.2 Å². The SMILES string of the molecule is Cc1ccc(C(=O)N(CC(=O)N(Cc2cccn2Cc2ccc(F)cc2)C2CCCCC2)CC(C)C)cc1[N+](=O)[O-]. The van der Waals surface area contributed by atoms with Gasteiger partial charge < -0.3 is 14.4 Å². The molecule has 0 aliphatic heterocycles. The Bertz CT molecular complexity index is 1360. The van der Waals surface area contributed by atoms with Crippen molar-refractivity contribution in [3.63, 3.8) is 0 Å². The Balaban J connectivity index is 1.58. The van der Waals surface area contributed by atoms with E-state index in [2.05, 4.69) is 4.57 Å². The van der Waals surface area contributed by atoms with E-state index in [-0.39, 0.29) is 41.5 Å². The number of amides is 2. The van der Waals surface area contributed by atoms with Crippen LogP contribution in [0.5, 0.6) is 0 Å². The summed E-state index contributed by atoms with van der Waals surface area (Å²) < 4.78 is 15.5. The monoisotopic (exact) mass is 562 g/mol. The van der Waals surface area contributed by atoms with Crippen molar-refractivity contribution in [2.45, 2.75) is 72.0 Å². The van der Waals surface area contributed by atoms with Gasteiger partial charge in [-0.25, -0.2) is 4.39 Å². The highest BCUT2D eigenvalue weighted by Crippen LogP contribution is 2.26. The molecule has 0 spiro atoms. The maximum atomic E-state index is 14.0. The third kappa shape index (κ3) is 7.80. The summed E-state index contributed by atoms with van der Waals surface area (Å²) in [6, 6.07) is 14.9. The standard InChI is InChI=1S/C32H39FN4O4/c1-23(2)19-35(32(39)26-14-11-24(3)30(18-26)37(40)41)22-31(38)36(28-8-5-4-6-9-28)21-29-10-7-17-34(29)20-25-12-15-27(33)16-13-25/h7,10-18,23,28H,4-6,8-9,19-22H2,1-3H3. The number of rotatable bonds is 11. The van der Waals surface area contributed by atoms with Crippen LogP contribution in [-0.2, 0) is 17.9 Å². The lowest BCUT2D eigenvalue weighted by molar-refractivity contribution is -0.385. The first-order valence-corrected chi connectivity index (χ1v) is 14.3. The van der Waals surface area contributed by atoms with Crippen molar-refractivity contribution < 1.29 is 18.9 Å². The molecule has 1 heterocycles. The molecule has 218 valence electrons. The Morgan fingerprint density at radius 2 is 1.78 bits per heavy atom. The van der Waals surface area contributed by atoms with E-state index in [1.807, 2.05) is 37.1 Å². The Kier molecular flexibility index (Phi) is 9.91. The van der Waals surface area contributed by atoms with Gasteiger partial charge in [0.25, 0.3) is 11.6 Å². The van der Waals surface area contributed by atoms with Gasteiger partial charge in [0, 0.05) is 48.2 Å². The first kappa shape index (κ1) is 30.0. The van der Waals surface area contributed by atoms with Crippen LogP contribution in [0.25, 0.3) is 0 Å². The van der Waals surface area contributed by atoms with E-state index in [0.717, 1.165) is 43.4 Å². The zero-order valence-corrected chi connectivity index (χ0v) is 24.1. The van der Waals surface area contributed by atoms with Gasteiger partial charge in [0.1, 0.15) is 12.4 Å². The van der Waals surface area contributed by atoms with Gasteiger partial charge in [-0.1, -0.05) is 51.3 Å². The van der Waals surface area contributed by atoms with Crippen molar-refractivity contribution >= 4 is 17.5 Å². The number of nitro groups is 1. The third-order valence-corrected chi connectivity index (χ3v) is 7.71. The van der Waals surface area contributed by atoms with Crippen LogP contribution in [0.3, 0.4) is 0 Å². The maximum absolute atomic E-state index is 14.0. The largest absolute Gasteiger partial charge is 0.345 e. The molecule has 1 fully saturated rings. The molecule has 3 aromatic rings. The van der Waals surface area contributed by atoms with Gasteiger partial charge in [-0.15, -0.1) is 0 Å². The Hall–Kier alpha value is -4.01. The Morgan fingerprint density at radius 3 is 2.44 bits per heavy atom. The summed E-state index contributed by atoms with van der Waals surface area (Å²) in [5, 5.41) is 11.5. The number of benzene rings is 2. The predicted molar refractivity (Wildman–Crippen MR) is 156 cm³/mol. The van der Waals surface area contributed by atoms with E-state index in [1.165, 1.54) is 23.1 Å². The molecule has 1 aromatic heterocycles. The first-order chi connectivity index (χ1) is 19.6. The van der Waals surface area contributed by atoms with Crippen LogP contribution in [0, 0.1) is 28.8 Å². The number of hydrogen-bond donors (Lipinski definition) is 0. The summed E-state index contributed by atoms with van der Waals surface area (Å²) >= 11 is 0. The second-order valence-electron chi connectivity index (χ2n) is 11.4. The lowest BCUT2D eigenvalue weighted by atomic mass is 9.94. The highest BCUT2D eigenvalue weighted by atomic mass is 19.1. The highest BCUT2D eigenvalue weighted by molar-refractivity contribution is 5.97. The van der Waals surface area contributed by atoms with Crippen LogP contribution >= 0.6 is 0 Å². The molecular weight excluding hydrogens is 523 g/mol. The van der Waals surface area contributed by atoms with Gasteiger partial charge in [-0.2, -0.15) is 0 Å².